The first-order valence-electron chi connectivity index (χ1n) is 7.65. The van der Waals surface area contributed by atoms with E-state index >= 15 is 0 Å². The first-order valence-corrected chi connectivity index (χ1v) is 7.65. The Balaban J connectivity index is 2.34. The summed E-state index contributed by atoms with van der Waals surface area (Å²) in [4.78, 5) is 22.3. The van der Waals surface area contributed by atoms with Crippen molar-refractivity contribution < 1.29 is 19.8 Å². The average molecular weight is 282 g/mol. The number of aliphatic hydroxyl groups excluding tert-OH is 1. The Morgan fingerprint density at radius 1 is 1.40 bits per heavy atom. The number of Topliss-reactive ketones (excluding diaryl/α,β-unsaturated/α-hetero) is 1. The molecule has 0 aromatic carbocycles. The molecular weight excluding hydrogens is 256 g/mol. The Labute approximate surface area is 120 Å². The Kier molecular flexibility index (Phi) is 7.52. The molecule has 1 saturated carbocycles. The van der Waals surface area contributed by atoms with Crippen LogP contribution in [0, 0.1) is 11.8 Å². The maximum atomic E-state index is 11.9. The van der Waals surface area contributed by atoms with Crippen molar-refractivity contribution in [2.45, 2.75) is 64.4 Å². The maximum Gasteiger partial charge on any atom is 0.303 e. The second kappa shape index (κ2) is 8.90. The highest BCUT2D eigenvalue weighted by atomic mass is 16.4. The fourth-order valence-electron chi connectivity index (χ4n) is 2.76. The fraction of sp³-hybridized carbons (Fsp3) is 0.750. The van der Waals surface area contributed by atoms with Gasteiger partial charge < -0.3 is 10.2 Å². The molecule has 1 fully saturated rings. The van der Waals surface area contributed by atoms with Gasteiger partial charge in [-0.3, -0.25) is 9.59 Å². The van der Waals surface area contributed by atoms with Gasteiger partial charge in [0.1, 0.15) is 5.78 Å². The maximum absolute atomic E-state index is 11.9. The number of carbonyl (C=O) groups excluding carboxylic acids is 1. The Morgan fingerprint density at radius 2 is 2.15 bits per heavy atom. The van der Waals surface area contributed by atoms with E-state index in [4.69, 9.17) is 5.11 Å². The number of aliphatic hydroxyl groups is 1. The van der Waals surface area contributed by atoms with Crippen molar-refractivity contribution in [1.29, 1.82) is 0 Å². The number of unbranched alkanes of at least 4 members (excludes halogenated alkanes) is 2. The molecule has 0 spiro atoms. The van der Waals surface area contributed by atoms with Crippen molar-refractivity contribution >= 4 is 11.8 Å². The molecule has 3 atom stereocenters. The fourth-order valence-corrected chi connectivity index (χ4v) is 2.76. The molecular formula is C16H26O4. The largest absolute Gasteiger partial charge is 0.481 e. The van der Waals surface area contributed by atoms with Crippen LogP contribution in [0.3, 0.4) is 0 Å². The van der Waals surface area contributed by atoms with Crippen LogP contribution in [0.15, 0.2) is 12.2 Å². The summed E-state index contributed by atoms with van der Waals surface area (Å²) >= 11 is 0. The van der Waals surface area contributed by atoms with Crippen LogP contribution in [-0.4, -0.2) is 28.1 Å². The monoisotopic (exact) mass is 282 g/mol. The van der Waals surface area contributed by atoms with E-state index in [0.29, 0.717) is 25.0 Å². The molecule has 0 radical (unpaired) electrons. The summed E-state index contributed by atoms with van der Waals surface area (Å²) in [6.45, 7) is 1.93. The van der Waals surface area contributed by atoms with Crippen LogP contribution >= 0.6 is 0 Å². The van der Waals surface area contributed by atoms with E-state index in [9.17, 15) is 14.7 Å². The summed E-state index contributed by atoms with van der Waals surface area (Å²) in [5.41, 5.74) is 0. The lowest BCUT2D eigenvalue weighted by Gasteiger charge is -2.15. The number of allylic oxidation sites excluding steroid dienone is 1. The molecule has 4 heteroatoms. The van der Waals surface area contributed by atoms with Gasteiger partial charge >= 0.3 is 5.97 Å². The van der Waals surface area contributed by atoms with Gasteiger partial charge in [0.25, 0.3) is 0 Å². The van der Waals surface area contributed by atoms with E-state index in [-0.39, 0.29) is 18.3 Å². The van der Waals surface area contributed by atoms with Crippen molar-refractivity contribution in [1.82, 2.24) is 0 Å². The minimum absolute atomic E-state index is 0.0696. The molecule has 20 heavy (non-hydrogen) atoms. The molecule has 0 bridgehead atoms. The van der Waals surface area contributed by atoms with Crippen molar-refractivity contribution in [3.63, 3.8) is 0 Å². The van der Waals surface area contributed by atoms with E-state index in [1.54, 1.807) is 6.08 Å². The van der Waals surface area contributed by atoms with Crippen LogP contribution in [-0.2, 0) is 9.59 Å². The molecule has 4 nitrogen and oxygen atoms in total. The van der Waals surface area contributed by atoms with Crippen LogP contribution in [0.2, 0.25) is 0 Å². The molecule has 0 aliphatic heterocycles. The van der Waals surface area contributed by atoms with Gasteiger partial charge in [0.05, 0.1) is 6.10 Å². The summed E-state index contributed by atoms with van der Waals surface area (Å²) in [5.74, 6) is -0.108. The molecule has 1 rings (SSSR count). The van der Waals surface area contributed by atoms with Crippen LogP contribution in [0.25, 0.3) is 0 Å². The quantitative estimate of drug-likeness (QED) is 0.503. The number of hydrogen-bond donors (Lipinski definition) is 2. The number of carbonyl (C=O) groups is 2. The Morgan fingerprint density at radius 3 is 2.80 bits per heavy atom. The van der Waals surface area contributed by atoms with E-state index < -0.39 is 12.1 Å². The molecule has 2 N–H and O–H groups in total. The summed E-state index contributed by atoms with van der Waals surface area (Å²) in [5, 5.41) is 18.1. The molecule has 1 aliphatic carbocycles. The highest BCUT2D eigenvalue weighted by Crippen LogP contribution is 2.33. The normalized spacial score (nSPS) is 24.4. The van der Waals surface area contributed by atoms with Crippen molar-refractivity contribution in [3.05, 3.63) is 12.2 Å². The van der Waals surface area contributed by atoms with Gasteiger partial charge in [0, 0.05) is 18.8 Å². The lowest BCUT2D eigenvalue weighted by Crippen LogP contribution is -2.14. The zero-order chi connectivity index (χ0) is 15.0. The van der Waals surface area contributed by atoms with Gasteiger partial charge in [-0.05, 0) is 31.6 Å². The molecule has 0 saturated heterocycles. The summed E-state index contributed by atoms with van der Waals surface area (Å²) in [6, 6.07) is 0. The van der Waals surface area contributed by atoms with Crippen LogP contribution in [0.4, 0.5) is 0 Å². The number of carboxylic acid groups (broad SMARTS) is 1. The molecule has 0 aromatic rings. The highest BCUT2D eigenvalue weighted by Gasteiger charge is 2.32. The number of hydrogen-bond acceptors (Lipinski definition) is 3. The Hall–Kier alpha value is -1.16. The molecule has 0 amide bonds. The van der Waals surface area contributed by atoms with Gasteiger partial charge in [-0.25, -0.2) is 0 Å². The standard InChI is InChI=1S/C16H26O4/c1-2-13(17)10-8-12-9-11-15(18)14(12)6-4-3-5-7-16(19)20/h8,10,12-14,17H,2-7,9,11H2,1H3,(H,19,20)/b10-8+. The highest BCUT2D eigenvalue weighted by molar-refractivity contribution is 5.83. The van der Waals surface area contributed by atoms with Gasteiger partial charge in [0.2, 0.25) is 0 Å². The predicted octanol–water partition coefficient (Wildman–Crippen LogP) is 2.94. The molecule has 0 heterocycles. The van der Waals surface area contributed by atoms with E-state index in [1.807, 2.05) is 13.0 Å². The minimum Gasteiger partial charge on any atom is -0.481 e. The van der Waals surface area contributed by atoms with E-state index in [2.05, 4.69) is 0 Å². The SMILES string of the molecule is CCC(O)/C=C/C1CCC(=O)C1CCCCCC(=O)O. The zero-order valence-corrected chi connectivity index (χ0v) is 12.3. The van der Waals surface area contributed by atoms with Gasteiger partial charge in [-0.15, -0.1) is 0 Å². The second-order valence-electron chi connectivity index (χ2n) is 5.63. The zero-order valence-electron chi connectivity index (χ0n) is 12.3. The minimum atomic E-state index is -0.753. The average Bonchev–Trinajstić information content (AvgIpc) is 2.76. The van der Waals surface area contributed by atoms with E-state index in [0.717, 1.165) is 25.7 Å². The first-order chi connectivity index (χ1) is 9.54. The number of rotatable bonds is 9. The predicted molar refractivity (Wildman–Crippen MR) is 77.4 cm³/mol. The number of aliphatic carboxylic acids is 1. The molecule has 114 valence electrons. The molecule has 1 aliphatic rings. The molecule has 3 unspecified atom stereocenters. The number of carboxylic acids is 1. The van der Waals surface area contributed by atoms with Gasteiger partial charge in [-0.1, -0.05) is 31.9 Å². The topological polar surface area (TPSA) is 74.6 Å². The van der Waals surface area contributed by atoms with Crippen molar-refractivity contribution in [3.8, 4) is 0 Å². The number of ketones is 1. The summed E-state index contributed by atoms with van der Waals surface area (Å²) < 4.78 is 0. The summed E-state index contributed by atoms with van der Waals surface area (Å²) in [7, 11) is 0. The lowest BCUT2D eigenvalue weighted by atomic mass is 9.89. The smallest absolute Gasteiger partial charge is 0.303 e. The summed E-state index contributed by atoms with van der Waals surface area (Å²) in [6.07, 6.45) is 9.11. The van der Waals surface area contributed by atoms with Crippen molar-refractivity contribution in [2.75, 3.05) is 0 Å². The van der Waals surface area contributed by atoms with E-state index in [1.165, 1.54) is 0 Å². The van der Waals surface area contributed by atoms with Crippen LogP contribution in [0.1, 0.15) is 58.3 Å². The van der Waals surface area contributed by atoms with Crippen LogP contribution < -0.4 is 0 Å². The van der Waals surface area contributed by atoms with Crippen LogP contribution in [0.5, 0.6) is 0 Å². The second-order valence-corrected chi connectivity index (χ2v) is 5.63. The van der Waals surface area contributed by atoms with Gasteiger partial charge in [-0.2, -0.15) is 0 Å². The van der Waals surface area contributed by atoms with Crippen molar-refractivity contribution in [2.24, 2.45) is 11.8 Å². The lowest BCUT2D eigenvalue weighted by molar-refractivity contribution is -0.137. The third kappa shape index (κ3) is 5.87. The third-order valence-electron chi connectivity index (χ3n) is 4.06. The Bertz CT molecular complexity index is 348. The third-order valence-corrected chi connectivity index (χ3v) is 4.06. The molecule has 0 aromatic heterocycles. The first kappa shape index (κ1) is 16.9. The van der Waals surface area contributed by atoms with Gasteiger partial charge in [0.15, 0.2) is 0 Å².